The third-order valence-electron chi connectivity index (χ3n) is 2.61. The number of aromatic amines is 2. The van der Waals surface area contributed by atoms with Crippen molar-refractivity contribution in [3.8, 4) is 0 Å². The lowest BCUT2D eigenvalue weighted by Gasteiger charge is -2.11. The molecule has 2 rings (SSSR count). The van der Waals surface area contributed by atoms with E-state index in [1.807, 2.05) is 31.8 Å². The Bertz CT molecular complexity index is 549. The monoisotopic (exact) mass is 282 g/mol. The molecule has 3 N–H and O–H groups in total. The van der Waals surface area contributed by atoms with E-state index in [1.54, 1.807) is 0 Å². The highest BCUT2D eigenvalue weighted by Gasteiger charge is 2.08. The molecule has 1 unspecified atom stereocenters. The van der Waals surface area contributed by atoms with Gasteiger partial charge in [0.05, 0.1) is 11.8 Å². The van der Waals surface area contributed by atoms with Crippen molar-refractivity contribution < 1.29 is 0 Å². The molecular formula is C13H22N4OS. The number of nitrogens with one attached hydrogen (secondary N) is 3. The zero-order valence-corrected chi connectivity index (χ0v) is 12.7. The van der Waals surface area contributed by atoms with E-state index >= 15 is 0 Å². The maximum atomic E-state index is 11.5. The molecule has 19 heavy (non-hydrogen) atoms. The molecule has 0 saturated carbocycles. The highest BCUT2D eigenvalue weighted by Crippen LogP contribution is 2.11. The number of thioether (sulfide) groups is 1. The van der Waals surface area contributed by atoms with E-state index in [0.29, 0.717) is 11.6 Å². The molecular weight excluding hydrogens is 260 g/mol. The van der Waals surface area contributed by atoms with Crippen LogP contribution in [0, 0.1) is 0 Å². The first-order valence-electron chi connectivity index (χ1n) is 6.48. The Hall–Kier alpha value is -1.27. The van der Waals surface area contributed by atoms with Crippen molar-refractivity contribution >= 4 is 22.8 Å². The number of nitrogens with zero attached hydrogens (tertiary/aromatic N) is 1. The molecule has 0 radical (unpaired) electrons. The summed E-state index contributed by atoms with van der Waals surface area (Å²) in [6, 6.07) is 0.442. The van der Waals surface area contributed by atoms with Gasteiger partial charge < -0.3 is 15.3 Å². The topological polar surface area (TPSA) is 73.6 Å². The second-order valence-electron chi connectivity index (χ2n) is 4.01. The van der Waals surface area contributed by atoms with E-state index in [0.717, 1.165) is 23.4 Å². The normalized spacial score (nSPS) is 12.0. The van der Waals surface area contributed by atoms with Gasteiger partial charge in [-0.25, -0.2) is 4.98 Å². The van der Waals surface area contributed by atoms with Crippen LogP contribution in [-0.4, -0.2) is 33.0 Å². The predicted octanol–water partition coefficient (Wildman–Crippen LogP) is 2.12. The summed E-state index contributed by atoms with van der Waals surface area (Å²) < 4.78 is 0. The molecule has 0 saturated heterocycles. The van der Waals surface area contributed by atoms with Crippen molar-refractivity contribution in [3.05, 3.63) is 28.4 Å². The van der Waals surface area contributed by atoms with Gasteiger partial charge in [0.1, 0.15) is 5.52 Å². The fourth-order valence-corrected chi connectivity index (χ4v) is 2.35. The number of aromatic nitrogens is 3. The van der Waals surface area contributed by atoms with Crippen molar-refractivity contribution in [1.29, 1.82) is 0 Å². The van der Waals surface area contributed by atoms with Crippen LogP contribution in [-0.2, 0) is 6.54 Å². The van der Waals surface area contributed by atoms with Crippen LogP contribution in [0.25, 0.3) is 11.0 Å². The first-order chi connectivity index (χ1) is 9.22. The summed E-state index contributed by atoms with van der Waals surface area (Å²) in [5.41, 5.74) is 2.19. The molecule has 2 aromatic rings. The Labute approximate surface area is 117 Å². The van der Waals surface area contributed by atoms with E-state index < -0.39 is 0 Å². The Morgan fingerprint density at radius 1 is 1.42 bits per heavy atom. The molecule has 0 spiro atoms. The molecule has 2 aromatic heterocycles. The molecule has 0 fully saturated rings. The van der Waals surface area contributed by atoms with Gasteiger partial charge in [-0.2, -0.15) is 11.8 Å². The molecule has 106 valence electrons. The SMILES string of the molecule is CC.CSCC(C)NCc1c[nH]c2c(=O)[nH]cnc12. The number of fused-ring (bicyclic) bond motifs is 1. The lowest BCUT2D eigenvalue weighted by atomic mass is 10.2. The minimum atomic E-state index is -0.126. The average Bonchev–Trinajstić information content (AvgIpc) is 2.84. The van der Waals surface area contributed by atoms with E-state index in [9.17, 15) is 4.79 Å². The molecule has 0 aromatic carbocycles. The summed E-state index contributed by atoms with van der Waals surface area (Å²) in [6.45, 7) is 6.86. The second kappa shape index (κ2) is 8.01. The third-order valence-corrected chi connectivity index (χ3v) is 3.44. The smallest absolute Gasteiger partial charge is 0.275 e. The Kier molecular flexibility index (Phi) is 6.66. The van der Waals surface area contributed by atoms with Crippen LogP contribution in [0.5, 0.6) is 0 Å². The summed E-state index contributed by atoms with van der Waals surface area (Å²) in [5, 5.41) is 3.40. The number of H-pyrrole nitrogens is 2. The highest BCUT2D eigenvalue weighted by molar-refractivity contribution is 7.98. The van der Waals surface area contributed by atoms with E-state index in [2.05, 4.69) is 33.4 Å². The fourth-order valence-electron chi connectivity index (χ4n) is 1.73. The molecule has 0 amide bonds. The zero-order valence-electron chi connectivity index (χ0n) is 11.9. The standard InChI is InChI=1S/C11H16N4OS.C2H6/c1-7(5-17-2)12-3-8-4-13-10-9(8)14-6-15-11(10)16;1-2/h4,6-7,12-13H,3,5H2,1-2H3,(H,14,15,16);1-2H3. The van der Waals surface area contributed by atoms with Crippen molar-refractivity contribution in [1.82, 2.24) is 20.3 Å². The van der Waals surface area contributed by atoms with Gasteiger partial charge in [-0.05, 0) is 13.2 Å². The van der Waals surface area contributed by atoms with Crippen molar-refractivity contribution in [2.75, 3.05) is 12.0 Å². The maximum Gasteiger partial charge on any atom is 0.275 e. The van der Waals surface area contributed by atoms with Gasteiger partial charge in [-0.3, -0.25) is 4.79 Å². The minimum absolute atomic E-state index is 0.126. The molecule has 1 atom stereocenters. The Morgan fingerprint density at radius 2 is 2.16 bits per heavy atom. The van der Waals surface area contributed by atoms with Crippen LogP contribution < -0.4 is 10.9 Å². The summed E-state index contributed by atoms with van der Waals surface area (Å²) in [5.74, 6) is 1.07. The molecule has 0 bridgehead atoms. The molecule has 5 nitrogen and oxygen atoms in total. The van der Waals surface area contributed by atoms with Crippen LogP contribution in [0.1, 0.15) is 26.3 Å². The Morgan fingerprint density at radius 3 is 2.84 bits per heavy atom. The fraction of sp³-hybridized carbons (Fsp3) is 0.538. The highest BCUT2D eigenvalue weighted by atomic mass is 32.2. The lowest BCUT2D eigenvalue weighted by Crippen LogP contribution is -2.27. The van der Waals surface area contributed by atoms with Crippen molar-refractivity contribution in [2.45, 2.75) is 33.4 Å². The van der Waals surface area contributed by atoms with Crippen molar-refractivity contribution in [3.63, 3.8) is 0 Å². The van der Waals surface area contributed by atoms with Crippen molar-refractivity contribution in [2.24, 2.45) is 0 Å². The van der Waals surface area contributed by atoms with Crippen LogP contribution in [0.15, 0.2) is 17.3 Å². The minimum Gasteiger partial charge on any atom is -0.355 e. The molecule has 0 aliphatic rings. The van der Waals surface area contributed by atoms with Crippen LogP contribution in [0.4, 0.5) is 0 Å². The molecule has 0 aliphatic heterocycles. The maximum absolute atomic E-state index is 11.5. The lowest BCUT2D eigenvalue weighted by molar-refractivity contribution is 0.597. The number of hydrogen-bond donors (Lipinski definition) is 3. The zero-order chi connectivity index (χ0) is 14.3. The number of rotatable bonds is 5. The van der Waals surface area contributed by atoms with Gasteiger partial charge >= 0.3 is 0 Å². The van der Waals surface area contributed by atoms with Crippen LogP contribution >= 0.6 is 11.8 Å². The first kappa shape index (κ1) is 15.8. The van der Waals surface area contributed by atoms with Gasteiger partial charge in [0.25, 0.3) is 5.56 Å². The van der Waals surface area contributed by atoms with Gasteiger partial charge in [-0.15, -0.1) is 0 Å². The molecule has 2 heterocycles. The van der Waals surface area contributed by atoms with Crippen LogP contribution in [0.3, 0.4) is 0 Å². The van der Waals surface area contributed by atoms with E-state index in [-0.39, 0.29) is 5.56 Å². The molecule has 6 heteroatoms. The third kappa shape index (κ3) is 4.11. The van der Waals surface area contributed by atoms with Gasteiger partial charge in [0, 0.05) is 30.1 Å². The van der Waals surface area contributed by atoms with E-state index in [1.165, 1.54) is 6.33 Å². The van der Waals surface area contributed by atoms with E-state index in [4.69, 9.17) is 0 Å². The second-order valence-corrected chi connectivity index (χ2v) is 4.92. The van der Waals surface area contributed by atoms with Gasteiger partial charge in [0.15, 0.2) is 0 Å². The van der Waals surface area contributed by atoms with Gasteiger partial charge in [0.2, 0.25) is 0 Å². The summed E-state index contributed by atoms with van der Waals surface area (Å²) in [6.07, 6.45) is 5.37. The average molecular weight is 282 g/mol. The predicted molar refractivity (Wildman–Crippen MR) is 82.7 cm³/mol. The quantitative estimate of drug-likeness (QED) is 0.785. The first-order valence-corrected chi connectivity index (χ1v) is 7.87. The van der Waals surface area contributed by atoms with Crippen LogP contribution in [0.2, 0.25) is 0 Å². The largest absolute Gasteiger partial charge is 0.355 e. The number of hydrogen-bond acceptors (Lipinski definition) is 4. The summed E-state index contributed by atoms with van der Waals surface area (Å²) >= 11 is 1.81. The summed E-state index contributed by atoms with van der Waals surface area (Å²) in [7, 11) is 0. The van der Waals surface area contributed by atoms with Gasteiger partial charge in [-0.1, -0.05) is 13.8 Å². The Balaban J connectivity index is 0.000000861. The molecule has 0 aliphatic carbocycles. The summed E-state index contributed by atoms with van der Waals surface area (Å²) in [4.78, 5) is 21.2.